The standard InChI is InChI=1S/C15H21NO3/c1-3-14-8-12(16-10(2)17)9-15(19-14)11-4-6-13(18)7-5-11/h4-7,12,14-15,18H,3,8-9H2,1-2H3,(H,16,17)/t12-,14+,15+/m1/s1. The summed E-state index contributed by atoms with van der Waals surface area (Å²) in [5.41, 5.74) is 1.05. The molecule has 3 atom stereocenters. The van der Waals surface area contributed by atoms with Crippen molar-refractivity contribution in [1.29, 1.82) is 0 Å². The van der Waals surface area contributed by atoms with Crippen LogP contribution in [0.4, 0.5) is 0 Å². The molecule has 1 heterocycles. The molecule has 0 aromatic heterocycles. The molecule has 4 heteroatoms. The zero-order chi connectivity index (χ0) is 13.8. The molecule has 0 saturated carbocycles. The van der Waals surface area contributed by atoms with Crippen molar-refractivity contribution in [2.75, 3.05) is 0 Å². The number of phenols is 1. The van der Waals surface area contributed by atoms with E-state index >= 15 is 0 Å². The Kier molecular flexibility index (Phi) is 4.43. The lowest BCUT2D eigenvalue weighted by Gasteiger charge is -2.35. The fraction of sp³-hybridized carbons (Fsp3) is 0.533. The number of hydrogen-bond acceptors (Lipinski definition) is 3. The Balaban J connectivity index is 2.10. The monoisotopic (exact) mass is 263 g/mol. The summed E-state index contributed by atoms with van der Waals surface area (Å²) in [6, 6.07) is 7.25. The van der Waals surface area contributed by atoms with Crippen LogP contribution >= 0.6 is 0 Å². The molecule has 104 valence electrons. The zero-order valence-corrected chi connectivity index (χ0v) is 11.4. The van der Waals surface area contributed by atoms with Crippen molar-refractivity contribution >= 4 is 5.91 Å². The number of ether oxygens (including phenoxy) is 1. The SMILES string of the molecule is CC[C@H]1C[C@@H](NC(C)=O)C[C@@H](c2ccc(O)cc2)O1. The quantitative estimate of drug-likeness (QED) is 0.881. The fourth-order valence-electron chi connectivity index (χ4n) is 2.59. The molecule has 1 saturated heterocycles. The first-order valence-corrected chi connectivity index (χ1v) is 6.80. The topological polar surface area (TPSA) is 58.6 Å². The van der Waals surface area contributed by atoms with Gasteiger partial charge in [0.1, 0.15) is 5.75 Å². The largest absolute Gasteiger partial charge is 0.508 e. The van der Waals surface area contributed by atoms with Gasteiger partial charge < -0.3 is 15.2 Å². The molecule has 1 aromatic carbocycles. The number of hydrogen-bond donors (Lipinski definition) is 2. The minimum absolute atomic E-state index is 0.00575. The Morgan fingerprint density at radius 2 is 2.05 bits per heavy atom. The second kappa shape index (κ2) is 6.06. The van der Waals surface area contributed by atoms with E-state index in [2.05, 4.69) is 12.2 Å². The number of rotatable bonds is 3. The molecule has 1 fully saturated rings. The summed E-state index contributed by atoms with van der Waals surface area (Å²) >= 11 is 0. The van der Waals surface area contributed by atoms with Gasteiger partial charge in [0.2, 0.25) is 5.91 Å². The lowest BCUT2D eigenvalue weighted by Crippen LogP contribution is -2.42. The molecule has 1 amide bonds. The van der Waals surface area contributed by atoms with Crippen molar-refractivity contribution in [3.63, 3.8) is 0 Å². The van der Waals surface area contributed by atoms with Crippen molar-refractivity contribution in [3.8, 4) is 5.75 Å². The van der Waals surface area contributed by atoms with Crippen LogP contribution in [0.25, 0.3) is 0 Å². The second-order valence-electron chi connectivity index (χ2n) is 5.12. The van der Waals surface area contributed by atoms with Gasteiger partial charge in [-0.3, -0.25) is 4.79 Å². The van der Waals surface area contributed by atoms with Crippen molar-refractivity contribution in [1.82, 2.24) is 5.32 Å². The van der Waals surface area contributed by atoms with Crippen LogP contribution in [0.5, 0.6) is 5.75 Å². The fourth-order valence-corrected chi connectivity index (χ4v) is 2.59. The second-order valence-corrected chi connectivity index (χ2v) is 5.12. The molecule has 1 aliphatic heterocycles. The summed E-state index contributed by atoms with van der Waals surface area (Å²) in [4.78, 5) is 11.2. The van der Waals surface area contributed by atoms with Gasteiger partial charge in [0, 0.05) is 13.0 Å². The normalized spacial score (nSPS) is 26.9. The summed E-state index contributed by atoms with van der Waals surface area (Å²) in [7, 11) is 0. The molecule has 4 nitrogen and oxygen atoms in total. The molecule has 0 bridgehead atoms. The predicted molar refractivity (Wildman–Crippen MR) is 72.9 cm³/mol. The van der Waals surface area contributed by atoms with Gasteiger partial charge in [0.15, 0.2) is 0 Å². The van der Waals surface area contributed by atoms with Crippen molar-refractivity contribution in [3.05, 3.63) is 29.8 Å². The van der Waals surface area contributed by atoms with Gasteiger partial charge in [-0.2, -0.15) is 0 Å². The van der Waals surface area contributed by atoms with Gasteiger partial charge in [-0.1, -0.05) is 19.1 Å². The van der Waals surface area contributed by atoms with Crippen LogP contribution in [0.15, 0.2) is 24.3 Å². The molecule has 1 aromatic rings. The minimum Gasteiger partial charge on any atom is -0.508 e. The van der Waals surface area contributed by atoms with Crippen molar-refractivity contribution < 1.29 is 14.6 Å². The van der Waals surface area contributed by atoms with Crippen LogP contribution in [0.1, 0.15) is 44.8 Å². The van der Waals surface area contributed by atoms with Gasteiger partial charge in [0.25, 0.3) is 0 Å². The van der Waals surface area contributed by atoms with Gasteiger partial charge in [0.05, 0.1) is 12.2 Å². The molecule has 0 unspecified atom stereocenters. The third-order valence-electron chi connectivity index (χ3n) is 3.53. The number of aromatic hydroxyl groups is 1. The van der Waals surface area contributed by atoms with Crippen molar-refractivity contribution in [2.45, 2.75) is 51.4 Å². The van der Waals surface area contributed by atoms with E-state index in [-0.39, 0.29) is 29.9 Å². The van der Waals surface area contributed by atoms with Crippen molar-refractivity contribution in [2.24, 2.45) is 0 Å². The lowest BCUT2D eigenvalue weighted by atomic mass is 9.93. The van der Waals surface area contributed by atoms with E-state index in [1.165, 1.54) is 0 Å². The highest BCUT2D eigenvalue weighted by Crippen LogP contribution is 2.33. The predicted octanol–water partition coefficient (Wildman–Crippen LogP) is 2.53. The smallest absolute Gasteiger partial charge is 0.217 e. The lowest BCUT2D eigenvalue weighted by molar-refractivity contribution is -0.122. The summed E-state index contributed by atoms with van der Waals surface area (Å²) < 4.78 is 6.04. The van der Waals surface area contributed by atoms with Crippen LogP contribution < -0.4 is 5.32 Å². The molecule has 0 radical (unpaired) electrons. The van der Waals surface area contributed by atoms with Gasteiger partial charge >= 0.3 is 0 Å². The summed E-state index contributed by atoms with van der Waals surface area (Å²) in [5, 5.41) is 12.3. The highest BCUT2D eigenvalue weighted by atomic mass is 16.5. The Labute approximate surface area is 113 Å². The van der Waals surface area contributed by atoms with E-state index in [0.29, 0.717) is 0 Å². The number of benzene rings is 1. The molecule has 19 heavy (non-hydrogen) atoms. The molecular formula is C15H21NO3. The Hall–Kier alpha value is -1.55. The number of carbonyl (C=O) groups excluding carboxylic acids is 1. The highest BCUT2D eigenvalue weighted by Gasteiger charge is 2.29. The number of phenolic OH excluding ortho intramolecular Hbond substituents is 1. The van der Waals surface area contributed by atoms with Crippen LogP contribution in [0.2, 0.25) is 0 Å². The number of carbonyl (C=O) groups is 1. The van der Waals surface area contributed by atoms with E-state index in [4.69, 9.17) is 4.74 Å². The van der Waals surface area contributed by atoms with Crippen LogP contribution in [-0.4, -0.2) is 23.2 Å². The first-order valence-electron chi connectivity index (χ1n) is 6.80. The summed E-state index contributed by atoms with van der Waals surface area (Å²) in [6.07, 6.45) is 2.73. The average molecular weight is 263 g/mol. The first kappa shape index (κ1) is 13.9. The van der Waals surface area contributed by atoms with E-state index < -0.39 is 0 Å². The van der Waals surface area contributed by atoms with E-state index in [9.17, 15) is 9.90 Å². The van der Waals surface area contributed by atoms with Gasteiger partial charge in [-0.25, -0.2) is 0 Å². The first-order chi connectivity index (χ1) is 9.08. The van der Waals surface area contributed by atoms with E-state index in [1.54, 1.807) is 19.1 Å². The summed E-state index contributed by atoms with van der Waals surface area (Å²) in [6.45, 7) is 3.64. The Morgan fingerprint density at radius 3 is 2.63 bits per heavy atom. The molecular weight excluding hydrogens is 242 g/mol. The number of amides is 1. The van der Waals surface area contributed by atoms with Crippen LogP contribution in [0, 0.1) is 0 Å². The van der Waals surface area contributed by atoms with Gasteiger partial charge in [-0.05, 0) is 37.0 Å². The zero-order valence-electron chi connectivity index (χ0n) is 11.4. The molecule has 1 aliphatic rings. The maximum atomic E-state index is 11.2. The van der Waals surface area contributed by atoms with E-state index in [1.807, 2.05) is 12.1 Å². The summed E-state index contributed by atoms with van der Waals surface area (Å²) in [5.74, 6) is 0.260. The Morgan fingerprint density at radius 1 is 1.37 bits per heavy atom. The molecule has 2 N–H and O–H groups in total. The number of nitrogens with one attached hydrogen (secondary N) is 1. The van der Waals surface area contributed by atoms with Crippen LogP contribution in [0.3, 0.4) is 0 Å². The van der Waals surface area contributed by atoms with Gasteiger partial charge in [-0.15, -0.1) is 0 Å². The minimum atomic E-state index is -0.0175. The maximum Gasteiger partial charge on any atom is 0.217 e. The maximum absolute atomic E-state index is 11.2. The molecule has 2 rings (SSSR count). The molecule has 0 spiro atoms. The highest BCUT2D eigenvalue weighted by molar-refractivity contribution is 5.73. The third-order valence-corrected chi connectivity index (χ3v) is 3.53. The Bertz CT molecular complexity index is 430. The van der Waals surface area contributed by atoms with E-state index in [0.717, 1.165) is 24.8 Å². The molecule has 0 aliphatic carbocycles. The average Bonchev–Trinajstić information content (AvgIpc) is 2.38. The third kappa shape index (κ3) is 3.70. The van der Waals surface area contributed by atoms with Crippen LogP contribution in [-0.2, 0) is 9.53 Å².